The molecule has 1 aromatic rings. The Balaban J connectivity index is 2.14. The van der Waals surface area contributed by atoms with Gasteiger partial charge in [0.1, 0.15) is 11.9 Å². The van der Waals surface area contributed by atoms with Crippen molar-refractivity contribution >= 4 is 21.9 Å². The van der Waals surface area contributed by atoms with Crippen LogP contribution in [-0.4, -0.2) is 28.6 Å². The van der Waals surface area contributed by atoms with Gasteiger partial charge in [0.15, 0.2) is 0 Å². The van der Waals surface area contributed by atoms with E-state index in [0.717, 1.165) is 29.4 Å². The molecular formula is C15H19BrFNO2. The lowest BCUT2D eigenvalue weighted by atomic mass is 9.88. The van der Waals surface area contributed by atoms with Gasteiger partial charge in [-0.1, -0.05) is 29.3 Å². The molecule has 0 aliphatic carbocycles. The van der Waals surface area contributed by atoms with E-state index in [-0.39, 0.29) is 5.82 Å². The van der Waals surface area contributed by atoms with Crippen LogP contribution in [0.15, 0.2) is 22.7 Å². The smallest absolute Gasteiger partial charge is 0.320 e. The van der Waals surface area contributed by atoms with Crippen molar-refractivity contribution in [2.45, 2.75) is 38.8 Å². The Hall–Kier alpha value is -0.940. The summed E-state index contributed by atoms with van der Waals surface area (Å²) in [5.74, 6) is -0.600. The fraction of sp³-hybridized carbons (Fsp3) is 0.533. The molecule has 1 aliphatic rings. The SMILES string of the molecule is CCC1CCN(Cc2cc(F)ccc2Br)C(C(=O)O)C1. The van der Waals surface area contributed by atoms with Gasteiger partial charge in [0.25, 0.3) is 0 Å². The topological polar surface area (TPSA) is 40.5 Å². The second-order valence-electron chi connectivity index (χ2n) is 5.36. The second kappa shape index (κ2) is 6.68. The minimum Gasteiger partial charge on any atom is -0.480 e. The monoisotopic (exact) mass is 343 g/mol. The van der Waals surface area contributed by atoms with Crippen LogP contribution in [0.3, 0.4) is 0 Å². The summed E-state index contributed by atoms with van der Waals surface area (Å²) in [7, 11) is 0. The van der Waals surface area contributed by atoms with Gasteiger partial charge < -0.3 is 5.11 Å². The summed E-state index contributed by atoms with van der Waals surface area (Å²) in [5.41, 5.74) is 0.797. The Bertz CT molecular complexity index is 495. The largest absolute Gasteiger partial charge is 0.480 e. The zero-order valence-corrected chi connectivity index (χ0v) is 13.1. The van der Waals surface area contributed by atoms with Crippen molar-refractivity contribution in [1.29, 1.82) is 0 Å². The van der Waals surface area contributed by atoms with Gasteiger partial charge in [0, 0.05) is 11.0 Å². The molecule has 0 saturated carbocycles. The maximum atomic E-state index is 13.3. The number of likely N-dealkylation sites (tertiary alicyclic amines) is 1. The lowest BCUT2D eigenvalue weighted by Gasteiger charge is -2.37. The van der Waals surface area contributed by atoms with Crippen molar-refractivity contribution in [3.8, 4) is 0 Å². The molecule has 20 heavy (non-hydrogen) atoms. The molecule has 0 amide bonds. The predicted molar refractivity (Wildman–Crippen MR) is 78.9 cm³/mol. The Labute approximate surface area is 126 Å². The minimum atomic E-state index is -0.782. The van der Waals surface area contributed by atoms with Crippen molar-refractivity contribution in [2.75, 3.05) is 6.54 Å². The Morgan fingerprint density at radius 1 is 1.55 bits per heavy atom. The summed E-state index contributed by atoms with van der Waals surface area (Å²) in [6.45, 7) is 3.31. The van der Waals surface area contributed by atoms with Crippen LogP contribution < -0.4 is 0 Å². The Kier molecular flexibility index (Phi) is 5.16. The van der Waals surface area contributed by atoms with E-state index >= 15 is 0 Å². The van der Waals surface area contributed by atoms with Crippen molar-refractivity contribution < 1.29 is 14.3 Å². The van der Waals surface area contributed by atoms with E-state index < -0.39 is 12.0 Å². The quantitative estimate of drug-likeness (QED) is 0.906. The molecule has 0 radical (unpaired) electrons. The summed E-state index contributed by atoms with van der Waals surface area (Å²) >= 11 is 3.40. The molecule has 1 fully saturated rings. The molecule has 110 valence electrons. The molecule has 1 aromatic carbocycles. The minimum absolute atomic E-state index is 0.293. The van der Waals surface area contributed by atoms with Crippen LogP contribution in [0.4, 0.5) is 4.39 Å². The molecular weight excluding hydrogens is 325 g/mol. The van der Waals surface area contributed by atoms with Crippen LogP contribution in [0.5, 0.6) is 0 Å². The third-order valence-electron chi connectivity index (χ3n) is 4.07. The van der Waals surface area contributed by atoms with Crippen LogP contribution in [-0.2, 0) is 11.3 Å². The van der Waals surface area contributed by atoms with Gasteiger partial charge in [-0.25, -0.2) is 4.39 Å². The summed E-state index contributed by atoms with van der Waals surface area (Å²) in [4.78, 5) is 13.4. The number of hydrogen-bond donors (Lipinski definition) is 1. The van der Waals surface area contributed by atoms with E-state index in [9.17, 15) is 14.3 Å². The summed E-state index contributed by atoms with van der Waals surface area (Å²) in [6.07, 6.45) is 2.70. The second-order valence-corrected chi connectivity index (χ2v) is 6.21. The number of hydrogen-bond acceptors (Lipinski definition) is 2. The molecule has 2 atom stereocenters. The first kappa shape index (κ1) is 15.4. The van der Waals surface area contributed by atoms with E-state index in [0.29, 0.717) is 18.9 Å². The zero-order chi connectivity index (χ0) is 14.7. The van der Waals surface area contributed by atoms with Gasteiger partial charge in [-0.15, -0.1) is 0 Å². The molecule has 5 heteroatoms. The Morgan fingerprint density at radius 3 is 2.95 bits per heavy atom. The molecule has 0 spiro atoms. The van der Waals surface area contributed by atoms with Crippen LogP contribution in [0.1, 0.15) is 31.7 Å². The maximum absolute atomic E-state index is 13.3. The lowest BCUT2D eigenvalue weighted by Crippen LogP contribution is -2.46. The molecule has 1 heterocycles. The average molecular weight is 344 g/mol. The van der Waals surface area contributed by atoms with Gasteiger partial charge in [-0.3, -0.25) is 9.69 Å². The molecule has 2 unspecified atom stereocenters. The van der Waals surface area contributed by atoms with Gasteiger partial charge in [-0.05, 0) is 49.1 Å². The zero-order valence-electron chi connectivity index (χ0n) is 11.5. The molecule has 0 aromatic heterocycles. The average Bonchev–Trinajstić information content (AvgIpc) is 2.43. The number of piperidine rings is 1. The highest BCUT2D eigenvalue weighted by Crippen LogP contribution is 2.28. The standard InChI is InChI=1S/C15H19BrFNO2/c1-2-10-5-6-18(14(7-10)15(19)20)9-11-8-12(17)3-4-13(11)16/h3-4,8,10,14H,2,5-7,9H2,1H3,(H,19,20). The fourth-order valence-electron chi connectivity index (χ4n) is 2.79. The van der Waals surface area contributed by atoms with Crippen LogP contribution in [0.25, 0.3) is 0 Å². The van der Waals surface area contributed by atoms with Gasteiger partial charge in [0.05, 0.1) is 0 Å². The van der Waals surface area contributed by atoms with Crippen molar-refractivity contribution in [2.24, 2.45) is 5.92 Å². The number of aliphatic carboxylic acids is 1. The highest BCUT2D eigenvalue weighted by Gasteiger charge is 2.32. The summed E-state index contributed by atoms with van der Waals surface area (Å²) in [5, 5.41) is 9.40. The maximum Gasteiger partial charge on any atom is 0.320 e. The fourth-order valence-corrected chi connectivity index (χ4v) is 3.16. The number of benzene rings is 1. The molecule has 1 aliphatic heterocycles. The molecule has 0 bridgehead atoms. The predicted octanol–water partition coefficient (Wildman–Crippen LogP) is 3.66. The van der Waals surface area contributed by atoms with Gasteiger partial charge in [0.2, 0.25) is 0 Å². The van der Waals surface area contributed by atoms with Crippen molar-refractivity contribution in [1.82, 2.24) is 4.90 Å². The number of halogens is 2. The molecule has 2 rings (SSSR count). The van der Waals surface area contributed by atoms with E-state index in [1.165, 1.54) is 12.1 Å². The van der Waals surface area contributed by atoms with Gasteiger partial charge in [-0.2, -0.15) is 0 Å². The van der Waals surface area contributed by atoms with Crippen LogP contribution in [0.2, 0.25) is 0 Å². The van der Waals surface area contributed by atoms with Gasteiger partial charge >= 0.3 is 5.97 Å². The third kappa shape index (κ3) is 3.58. The molecule has 3 nitrogen and oxygen atoms in total. The van der Waals surface area contributed by atoms with Crippen LogP contribution >= 0.6 is 15.9 Å². The third-order valence-corrected chi connectivity index (χ3v) is 4.84. The highest BCUT2D eigenvalue weighted by atomic mass is 79.9. The lowest BCUT2D eigenvalue weighted by molar-refractivity contribution is -0.145. The number of carboxylic acids is 1. The first-order chi connectivity index (χ1) is 9.51. The van der Waals surface area contributed by atoms with E-state index in [1.54, 1.807) is 6.07 Å². The first-order valence-electron chi connectivity index (χ1n) is 6.92. The number of carboxylic acid groups (broad SMARTS) is 1. The highest BCUT2D eigenvalue weighted by molar-refractivity contribution is 9.10. The molecule has 1 N–H and O–H groups in total. The molecule has 1 saturated heterocycles. The van der Waals surface area contributed by atoms with E-state index in [2.05, 4.69) is 22.9 Å². The number of rotatable bonds is 4. The summed E-state index contributed by atoms with van der Waals surface area (Å²) in [6, 6.07) is 4.06. The normalized spacial score (nSPS) is 23.8. The number of nitrogens with zero attached hydrogens (tertiary/aromatic N) is 1. The van der Waals surface area contributed by atoms with E-state index in [1.807, 2.05) is 4.90 Å². The van der Waals surface area contributed by atoms with Crippen molar-refractivity contribution in [3.63, 3.8) is 0 Å². The van der Waals surface area contributed by atoms with E-state index in [4.69, 9.17) is 0 Å². The van der Waals surface area contributed by atoms with Crippen LogP contribution in [0, 0.1) is 11.7 Å². The summed E-state index contributed by atoms with van der Waals surface area (Å²) < 4.78 is 14.1. The number of carbonyl (C=O) groups is 1. The first-order valence-corrected chi connectivity index (χ1v) is 7.71. The Morgan fingerprint density at radius 2 is 2.30 bits per heavy atom. The van der Waals surface area contributed by atoms with Crippen molar-refractivity contribution in [3.05, 3.63) is 34.1 Å².